The van der Waals surface area contributed by atoms with Gasteiger partial charge in [-0.2, -0.15) is 0 Å². The molecule has 2 aromatic carbocycles. The summed E-state index contributed by atoms with van der Waals surface area (Å²) >= 11 is 0. The van der Waals surface area contributed by atoms with Gasteiger partial charge in [0.25, 0.3) is 0 Å². The second kappa shape index (κ2) is 7.99. The zero-order chi connectivity index (χ0) is 18.5. The standard InChI is InChI=1S/C20H22FN3O2/c1-15(25)24(19-8-4-16(21)5-9-19)14-20(26)22-17-6-10-18(11-7-17)23-12-2-3-13-23/h4-11H,2-3,12-14H2,1H3,(H,22,26). The van der Waals surface area contributed by atoms with Crippen molar-refractivity contribution in [3.63, 3.8) is 0 Å². The van der Waals surface area contributed by atoms with Crippen LogP contribution in [0.2, 0.25) is 0 Å². The quantitative estimate of drug-likeness (QED) is 0.894. The van der Waals surface area contributed by atoms with Crippen LogP contribution in [0.15, 0.2) is 48.5 Å². The summed E-state index contributed by atoms with van der Waals surface area (Å²) in [4.78, 5) is 27.8. The molecule has 1 N–H and O–H groups in total. The Morgan fingerprint density at radius 3 is 2.23 bits per heavy atom. The Hall–Kier alpha value is -2.89. The van der Waals surface area contributed by atoms with Crippen LogP contribution < -0.4 is 15.1 Å². The maximum atomic E-state index is 13.1. The Bertz CT molecular complexity index is 769. The zero-order valence-electron chi connectivity index (χ0n) is 14.7. The molecule has 5 nitrogen and oxygen atoms in total. The van der Waals surface area contributed by atoms with E-state index in [0.29, 0.717) is 11.4 Å². The van der Waals surface area contributed by atoms with Crippen molar-refractivity contribution in [1.29, 1.82) is 0 Å². The van der Waals surface area contributed by atoms with Gasteiger partial charge >= 0.3 is 0 Å². The van der Waals surface area contributed by atoms with Gasteiger partial charge in [-0.15, -0.1) is 0 Å². The van der Waals surface area contributed by atoms with E-state index in [2.05, 4.69) is 10.2 Å². The largest absolute Gasteiger partial charge is 0.372 e. The second-order valence-electron chi connectivity index (χ2n) is 6.37. The van der Waals surface area contributed by atoms with Gasteiger partial charge in [-0.05, 0) is 61.4 Å². The molecule has 0 aliphatic carbocycles. The van der Waals surface area contributed by atoms with Gasteiger partial charge in [0, 0.05) is 37.1 Å². The molecule has 2 amide bonds. The highest BCUT2D eigenvalue weighted by atomic mass is 19.1. The van der Waals surface area contributed by atoms with Crippen molar-refractivity contribution in [3.8, 4) is 0 Å². The van der Waals surface area contributed by atoms with E-state index in [9.17, 15) is 14.0 Å². The number of rotatable bonds is 5. The minimum absolute atomic E-state index is 0.130. The lowest BCUT2D eigenvalue weighted by Gasteiger charge is -2.21. The van der Waals surface area contributed by atoms with Gasteiger partial charge in [-0.3, -0.25) is 9.59 Å². The van der Waals surface area contributed by atoms with Crippen molar-refractivity contribution < 1.29 is 14.0 Å². The van der Waals surface area contributed by atoms with E-state index in [4.69, 9.17) is 0 Å². The smallest absolute Gasteiger partial charge is 0.244 e. The number of nitrogens with zero attached hydrogens (tertiary/aromatic N) is 2. The Morgan fingerprint density at radius 1 is 1.04 bits per heavy atom. The van der Waals surface area contributed by atoms with Crippen LogP contribution in [0.1, 0.15) is 19.8 Å². The number of hydrogen-bond acceptors (Lipinski definition) is 3. The van der Waals surface area contributed by atoms with Crippen molar-refractivity contribution in [3.05, 3.63) is 54.3 Å². The summed E-state index contributed by atoms with van der Waals surface area (Å²) in [6.45, 7) is 3.38. The Balaban J connectivity index is 1.63. The number of nitrogens with one attached hydrogen (secondary N) is 1. The third-order valence-electron chi connectivity index (χ3n) is 4.44. The molecular formula is C20H22FN3O2. The number of anilines is 3. The number of amides is 2. The molecule has 1 fully saturated rings. The molecule has 1 aliphatic rings. The van der Waals surface area contributed by atoms with Crippen LogP contribution in [0.4, 0.5) is 21.5 Å². The summed E-state index contributed by atoms with van der Waals surface area (Å²) in [5.74, 6) is -0.977. The molecule has 0 atom stereocenters. The van der Waals surface area contributed by atoms with E-state index < -0.39 is 0 Å². The predicted octanol–water partition coefficient (Wildman–Crippen LogP) is 3.42. The summed E-state index contributed by atoms with van der Waals surface area (Å²) < 4.78 is 13.1. The first-order valence-electron chi connectivity index (χ1n) is 8.71. The normalized spacial score (nSPS) is 13.5. The molecule has 0 radical (unpaired) electrons. The molecule has 136 valence electrons. The van der Waals surface area contributed by atoms with E-state index >= 15 is 0 Å². The number of carbonyl (C=O) groups is 2. The van der Waals surface area contributed by atoms with Gasteiger partial charge in [0.2, 0.25) is 11.8 Å². The molecule has 0 unspecified atom stereocenters. The molecule has 0 saturated carbocycles. The first-order chi connectivity index (χ1) is 12.5. The first kappa shape index (κ1) is 17.9. The van der Waals surface area contributed by atoms with E-state index in [-0.39, 0.29) is 24.2 Å². The van der Waals surface area contributed by atoms with E-state index in [1.54, 1.807) is 0 Å². The lowest BCUT2D eigenvalue weighted by molar-refractivity contribution is -0.120. The highest BCUT2D eigenvalue weighted by Crippen LogP contribution is 2.22. The molecule has 2 aromatic rings. The average molecular weight is 355 g/mol. The molecule has 3 rings (SSSR count). The van der Waals surface area contributed by atoms with Gasteiger partial charge in [-0.25, -0.2) is 4.39 Å². The molecule has 1 aliphatic heterocycles. The van der Waals surface area contributed by atoms with Crippen LogP contribution in [-0.2, 0) is 9.59 Å². The van der Waals surface area contributed by atoms with Gasteiger partial charge < -0.3 is 15.1 Å². The second-order valence-corrected chi connectivity index (χ2v) is 6.37. The van der Waals surface area contributed by atoms with Gasteiger partial charge in [-0.1, -0.05) is 0 Å². The minimum atomic E-state index is -0.389. The number of hydrogen-bond donors (Lipinski definition) is 1. The van der Waals surface area contributed by atoms with Crippen LogP contribution in [0.25, 0.3) is 0 Å². The zero-order valence-corrected chi connectivity index (χ0v) is 14.7. The van der Waals surface area contributed by atoms with Crippen LogP contribution >= 0.6 is 0 Å². The maximum absolute atomic E-state index is 13.1. The Labute approximate surface area is 152 Å². The summed E-state index contributed by atoms with van der Waals surface area (Å²) in [5.41, 5.74) is 2.32. The summed E-state index contributed by atoms with van der Waals surface area (Å²) in [6, 6.07) is 13.2. The third kappa shape index (κ3) is 4.39. The number of carbonyl (C=O) groups excluding carboxylic acids is 2. The third-order valence-corrected chi connectivity index (χ3v) is 4.44. The number of benzene rings is 2. The van der Waals surface area contributed by atoms with Crippen LogP contribution in [0.3, 0.4) is 0 Å². The predicted molar refractivity (Wildman–Crippen MR) is 101 cm³/mol. The summed E-state index contributed by atoms with van der Waals surface area (Å²) in [6.07, 6.45) is 2.42. The van der Waals surface area contributed by atoms with Gasteiger partial charge in [0.15, 0.2) is 0 Å². The molecule has 6 heteroatoms. The lowest BCUT2D eigenvalue weighted by Crippen LogP contribution is -2.36. The molecule has 1 heterocycles. The van der Waals surface area contributed by atoms with Gasteiger partial charge in [0.1, 0.15) is 12.4 Å². The SMILES string of the molecule is CC(=O)N(CC(=O)Nc1ccc(N2CCCC2)cc1)c1ccc(F)cc1. The van der Waals surface area contributed by atoms with Crippen LogP contribution in [0, 0.1) is 5.82 Å². The van der Waals surface area contributed by atoms with Crippen LogP contribution in [-0.4, -0.2) is 31.4 Å². The maximum Gasteiger partial charge on any atom is 0.244 e. The van der Waals surface area contributed by atoms with E-state index in [1.807, 2.05) is 24.3 Å². The van der Waals surface area contributed by atoms with Crippen molar-refractivity contribution in [2.75, 3.05) is 34.8 Å². The topological polar surface area (TPSA) is 52.7 Å². The van der Waals surface area contributed by atoms with Crippen LogP contribution in [0.5, 0.6) is 0 Å². The van der Waals surface area contributed by atoms with Crippen molar-refractivity contribution >= 4 is 28.9 Å². The van der Waals surface area contributed by atoms with E-state index in [0.717, 1.165) is 18.8 Å². The van der Waals surface area contributed by atoms with Crippen molar-refractivity contribution in [2.24, 2.45) is 0 Å². The summed E-state index contributed by atoms with van der Waals surface area (Å²) in [5, 5.41) is 2.80. The minimum Gasteiger partial charge on any atom is -0.372 e. The van der Waals surface area contributed by atoms with Gasteiger partial charge in [0.05, 0.1) is 0 Å². The first-order valence-corrected chi connectivity index (χ1v) is 8.71. The fraction of sp³-hybridized carbons (Fsp3) is 0.300. The average Bonchev–Trinajstić information content (AvgIpc) is 3.16. The monoisotopic (exact) mass is 355 g/mol. The molecule has 1 saturated heterocycles. The molecule has 26 heavy (non-hydrogen) atoms. The highest BCUT2D eigenvalue weighted by Gasteiger charge is 2.16. The molecular weight excluding hydrogens is 333 g/mol. The molecule has 0 aromatic heterocycles. The lowest BCUT2D eigenvalue weighted by atomic mass is 10.2. The Morgan fingerprint density at radius 2 is 1.65 bits per heavy atom. The highest BCUT2D eigenvalue weighted by molar-refractivity contribution is 6.01. The summed E-state index contributed by atoms with van der Waals surface area (Å²) in [7, 11) is 0. The van der Waals surface area contributed by atoms with Crippen molar-refractivity contribution in [2.45, 2.75) is 19.8 Å². The van der Waals surface area contributed by atoms with Crippen molar-refractivity contribution in [1.82, 2.24) is 0 Å². The molecule has 0 spiro atoms. The fourth-order valence-corrected chi connectivity index (χ4v) is 3.08. The molecule has 0 bridgehead atoms. The Kier molecular flexibility index (Phi) is 5.51. The van der Waals surface area contributed by atoms with E-state index in [1.165, 1.54) is 48.9 Å². The fourth-order valence-electron chi connectivity index (χ4n) is 3.08. The number of halogens is 1.